The highest BCUT2D eigenvalue weighted by atomic mass is 35.5. The van der Waals surface area contributed by atoms with Crippen molar-refractivity contribution in [1.29, 1.82) is 5.26 Å². The van der Waals surface area contributed by atoms with Crippen molar-refractivity contribution in [3.8, 4) is 6.07 Å². The number of hydrogen-bond donors (Lipinski definition) is 0. The molecule has 1 heterocycles. The van der Waals surface area contributed by atoms with Gasteiger partial charge in [-0.05, 0) is 25.7 Å². The normalized spacial score (nSPS) is 16.4. The molecule has 0 atom stereocenters. The molecule has 1 aromatic rings. The smallest absolute Gasteiger partial charge is 0.145 e. The molecule has 1 saturated carbocycles. The Kier molecular flexibility index (Phi) is 4.29. The van der Waals surface area contributed by atoms with Gasteiger partial charge in [-0.2, -0.15) is 10.4 Å². The Morgan fingerprint density at radius 2 is 2.00 bits per heavy atom. The molecule has 1 aromatic heterocycles. The number of nitrogens with zero attached hydrogens (tertiary/aromatic N) is 3. The van der Waals surface area contributed by atoms with Gasteiger partial charge in [0.25, 0.3) is 0 Å². The van der Waals surface area contributed by atoms with Crippen LogP contribution in [0.5, 0.6) is 0 Å². The predicted molar refractivity (Wildman–Crippen MR) is 72.8 cm³/mol. The molecule has 0 N–H and O–H groups in total. The van der Waals surface area contributed by atoms with E-state index in [1.807, 2.05) is 4.68 Å². The van der Waals surface area contributed by atoms with Crippen molar-refractivity contribution in [3.05, 3.63) is 16.4 Å². The van der Waals surface area contributed by atoms with Crippen LogP contribution in [0.15, 0.2) is 0 Å². The lowest BCUT2D eigenvalue weighted by molar-refractivity contribution is 0.423. The zero-order valence-corrected chi connectivity index (χ0v) is 11.9. The molecule has 0 unspecified atom stereocenters. The maximum atomic E-state index is 9.31. The Hall–Kier alpha value is -1.01. The zero-order chi connectivity index (χ0) is 13.1. The zero-order valence-electron chi connectivity index (χ0n) is 11.1. The molecule has 98 valence electrons. The van der Waals surface area contributed by atoms with E-state index in [0.717, 1.165) is 31.4 Å². The van der Waals surface area contributed by atoms with E-state index in [0.29, 0.717) is 22.7 Å². The summed E-state index contributed by atoms with van der Waals surface area (Å²) in [5, 5.41) is 14.5. The minimum absolute atomic E-state index is 0.305. The van der Waals surface area contributed by atoms with E-state index in [9.17, 15) is 5.26 Å². The molecule has 18 heavy (non-hydrogen) atoms. The Labute approximate surface area is 114 Å². The average Bonchev–Trinajstić information content (AvgIpc) is 2.99. The number of hydrogen-bond acceptors (Lipinski definition) is 2. The maximum Gasteiger partial charge on any atom is 0.145 e. The van der Waals surface area contributed by atoms with Crippen molar-refractivity contribution in [2.45, 2.75) is 64.3 Å². The highest BCUT2D eigenvalue weighted by Gasteiger charge is 2.27. The van der Waals surface area contributed by atoms with Crippen molar-refractivity contribution in [3.63, 3.8) is 0 Å². The van der Waals surface area contributed by atoms with Gasteiger partial charge in [-0.15, -0.1) is 0 Å². The first-order valence-corrected chi connectivity index (χ1v) is 7.28. The largest absolute Gasteiger partial charge is 0.249 e. The van der Waals surface area contributed by atoms with Gasteiger partial charge in [-0.3, -0.25) is 0 Å². The molecule has 0 aromatic carbocycles. The van der Waals surface area contributed by atoms with Crippen LogP contribution >= 0.6 is 11.6 Å². The van der Waals surface area contributed by atoms with Gasteiger partial charge < -0.3 is 0 Å². The number of halogens is 1. The monoisotopic (exact) mass is 265 g/mol. The summed E-state index contributed by atoms with van der Waals surface area (Å²) in [4.78, 5) is 0. The first kappa shape index (κ1) is 13.4. The Balaban J connectivity index is 2.41. The van der Waals surface area contributed by atoms with Gasteiger partial charge in [0.15, 0.2) is 0 Å². The van der Waals surface area contributed by atoms with Crippen LogP contribution < -0.4 is 0 Å². The summed E-state index contributed by atoms with van der Waals surface area (Å²) in [5.41, 5.74) is 1.54. The fourth-order valence-corrected chi connectivity index (χ4v) is 3.21. The molecule has 0 amide bonds. The quantitative estimate of drug-likeness (QED) is 0.808. The van der Waals surface area contributed by atoms with Crippen LogP contribution in [0.4, 0.5) is 0 Å². The second kappa shape index (κ2) is 5.75. The van der Waals surface area contributed by atoms with E-state index < -0.39 is 0 Å². The van der Waals surface area contributed by atoms with Gasteiger partial charge in [-0.25, -0.2) is 4.68 Å². The van der Waals surface area contributed by atoms with Crippen molar-refractivity contribution in [2.75, 3.05) is 0 Å². The van der Waals surface area contributed by atoms with Crippen LogP contribution in [-0.4, -0.2) is 9.78 Å². The summed E-state index contributed by atoms with van der Waals surface area (Å²) < 4.78 is 1.87. The fraction of sp³-hybridized carbons (Fsp3) is 0.714. The molecule has 4 heteroatoms. The third-order valence-corrected chi connectivity index (χ3v) is 4.38. The minimum Gasteiger partial charge on any atom is -0.249 e. The van der Waals surface area contributed by atoms with Crippen molar-refractivity contribution >= 4 is 11.6 Å². The lowest BCUT2D eigenvalue weighted by Crippen LogP contribution is -2.09. The summed E-state index contributed by atoms with van der Waals surface area (Å²) in [6, 6.07) is 2.55. The summed E-state index contributed by atoms with van der Waals surface area (Å²) >= 11 is 6.34. The van der Waals surface area contributed by atoms with Crippen LogP contribution in [0.2, 0.25) is 5.15 Å². The van der Waals surface area contributed by atoms with E-state index in [1.165, 1.54) is 12.8 Å². The molecule has 0 aliphatic heterocycles. The Morgan fingerprint density at radius 1 is 1.39 bits per heavy atom. The van der Waals surface area contributed by atoms with E-state index >= 15 is 0 Å². The molecule has 2 rings (SSSR count). The molecule has 0 saturated heterocycles. The predicted octanol–water partition coefficient (Wildman–Crippen LogP) is 4.43. The van der Waals surface area contributed by atoms with Crippen LogP contribution in [0, 0.1) is 11.3 Å². The van der Waals surface area contributed by atoms with Crippen LogP contribution in [-0.2, 0) is 0 Å². The molecule has 0 spiro atoms. The van der Waals surface area contributed by atoms with Gasteiger partial charge in [-0.1, -0.05) is 38.3 Å². The first-order chi connectivity index (χ1) is 8.72. The molecule has 1 aliphatic rings. The van der Waals surface area contributed by atoms with E-state index in [2.05, 4.69) is 25.0 Å². The highest BCUT2D eigenvalue weighted by molar-refractivity contribution is 6.30. The van der Waals surface area contributed by atoms with Gasteiger partial charge in [0, 0.05) is 5.92 Å². The highest BCUT2D eigenvalue weighted by Crippen LogP contribution is 2.38. The average molecular weight is 266 g/mol. The maximum absolute atomic E-state index is 9.31. The summed E-state index contributed by atoms with van der Waals surface area (Å²) in [6.45, 7) is 4.26. The van der Waals surface area contributed by atoms with Crippen LogP contribution in [0.3, 0.4) is 0 Å². The van der Waals surface area contributed by atoms with Crippen LogP contribution in [0.25, 0.3) is 0 Å². The molecular formula is C14H20ClN3. The SMILES string of the molecule is CCC(CC)n1nc(C2CCCC2)c(C#N)c1Cl. The molecule has 1 aliphatic carbocycles. The molecule has 3 nitrogen and oxygen atoms in total. The van der Waals surface area contributed by atoms with Crippen molar-refractivity contribution in [1.82, 2.24) is 9.78 Å². The minimum atomic E-state index is 0.305. The lowest BCUT2D eigenvalue weighted by Gasteiger charge is -2.14. The fourth-order valence-electron chi connectivity index (χ4n) is 2.90. The number of aromatic nitrogens is 2. The second-order valence-electron chi connectivity index (χ2n) is 5.06. The van der Waals surface area contributed by atoms with E-state index in [1.54, 1.807) is 0 Å². The van der Waals surface area contributed by atoms with Crippen LogP contribution in [0.1, 0.15) is 75.6 Å². The van der Waals surface area contributed by atoms with E-state index in [-0.39, 0.29) is 0 Å². The van der Waals surface area contributed by atoms with E-state index in [4.69, 9.17) is 11.6 Å². The van der Waals surface area contributed by atoms with Crippen molar-refractivity contribution in [2.24, 2.45) is 0 Å². The number of nitriles is 1. The lowest BCUT2D eigenvalue weighted by atomic mass is 10.0. The summed E-state index contributed by atoms with van der Waals surface area (Å²) in [5.74, 6) is 0.438. The molecule has 0 radical (unpaired) electrons. The third kappa shape index (κ3) is 2.27. The topological polar surface area (TPSA) is 41.6 Å². The van der Waals surface area contributed by atoms with Gasteiger partial charge >= 0.3 is 0 Å². The van der Waals surface area contributed by atoms with Gasteiger partial charge in [0.1, 0.15) is 16.8 Å². The van der Waals surface area contributed by atoms with Gasteiger partial charge in [0.2, 0.25) is 0 Å². The molecule has 0 bridgehead atoms. The molecular weight excluding hydrogens is 246 g/mol. The Bertz CT molecular complexity index is 448. The summed E-state index contributed by atoms with van der Waals surface area (Å²) in [6.07, 6.45) is 6.76. The second-order valence-corrected chi connectivity index (χ2v) is 5.42. The standard InChI is InChI=1S/C14H20ClN3/c1-3-11(4-2)18-14(15)12(9-16)13(17-18)10-7-5-6-8-10/h10-11H,3-8H2,1-2H3. The molecule has 1 fully saturated rings. The first-order valence-electron chi connectivity index (χ1n) is 6.90. The van der Waals surface area contributed by atoms with Crippen molar-refractivity contribution < 1.29 is 0 Å². The van der Waals surface area contributed by atoms with Gasteiger partial charge in [0.05, 0.1) is 11.7 Å². The third-order valence-electron chi connectivity index (χ3n) is 4.02. The Morgan fingerprint density at radius 3 is 2.50 bits per heavy atom. The number of rotatable bonds is 4. The summed E-state index contributed by atoms with van der Waals surface area (Å²) in [7, 11) is 0.